The highest BCUT2D eigenvalue weighted by Gasteiger charge is 2.40. The molecule has 178 valence electrons. The lowest BCUT2D eigenvalue weighted by Gasteiger charge is -2.16. The van der Waals surface area contributed by atoms with Crippen LogP contribution in [-0.2, 0) is 27.4 Å². The van der Waals surface area contributed by atoms with Crippen molar-refractivity contribution in [2.75, 3.05) is 5.88 Å². The maximum atomic E-state index is 13.6. The van der Waals surface area contributed by atoms with Gasteiger partial charge in [-0.2, -0.15) is 18.3 Å². The first-order chi connectivity index (χ1) is 15.8. The number of hydrogen-bond donors (Lipinski definition) is 2. The van der Waals surface area contributed by atoms with E-state index in [1.165, 1.54) is 12.3 Å². The fourth-order valence-electron chi connectivity index (χ4n) is 3.47. The van der Waals surface area contributed by atoms with Crippen molar-refractivity contribution in [3.8, 4) is 0 Å². The SMILES string of the molecule is NS(=O)(=O)CN1C(=O)S/C(=C(/Cc2ccc(F)cc2C(F)(F)F)c2ccc3[nH]ncc3c2)C1=O. The van der Waals surface area contributed by atoms with Gasteiger partial charge in [0.05, 0.1) is 22.2 Å². The molecule has 0 bridgehead atoms. The third-order valence-electron chi connectivity index (χ3n) is 4.97. The molecular weight excluding hydrogens is 500 g/mol. The summed E-state index contributed by atoms with van der Waals surface area (Å²) in [6, 6.07) is 6.80. The lowest BCUT2D eigenvalue weighted by atomic mass is 9.93. The molecule has 8 nitrogen and oxygen atoms in total. The Bertz CT molecular complexity index is 1460. The first kappa shape index (κ1) is 23.9. The zero-order chi connectivity index (χ0) is 24.8. The zero-order valence-corrected chi connectivity index (χ0v) is 18.5. The number of sulfonamides is 1. The second kappa shape index (κ2) is 8.52. The Balaban J connectivity index is 1.89. The molecular formula is C20H14F4N4O4S2. The molecule has 2 amide bonds. The number of H-pyrrole nitrogens is 1. The van der Waals surface area contributed by atoms with Gasteiger partial charge in [-0.05, 0) is 59.1 Å². The second-order valence-electron chi connectivity index (χ2n) is 7.35. The number of benzene rings is 2. The van der Waals surface area contributed by atoms with E-state index in [-0.39, 0.29) is 16.0 Å². The molecule has 2 heterocycles. The van der Waals surface area contributed by atoms with E-state index in [1.54, 1.807) is 12.1 Å². The van der Waals surface area contributed by atoms with E-state index in [0.29, 0.717) is 39.2 Å². The number of nitrogens with two attached hydrogens (primary N) is 1. The molecule has 1 aliphatic heterocycles. The minimum absolute atomic E-state index is 0.0282. The number of thioether (sulfide) groups is 1. The number of nitrogens with zero attached hydrogens (tertiary/aromatic N) is 2. The number of fused-ring (bicyclic) bond motifs is 1. The molecule has 2 aromatic carbocycles. The summed E-state index contributed by atoms with van der Waals surface area (Å²) in [5.41, 5.74) is -0.635. The van der Waals surface area contributed by atoms with Crippen LogP contribution in [0.3, 0.4) is 0 Å². The summed E-state index contributed by atoms with van der Waals surface area (Å²) in [5.74, 6) is -3.19. The Kier molecular flexibility index (Phi) is 5.99. The van der Waals surface area contributed by atoms with E-state index in [9.17, 15) is 35.6 Å². The average molecular weight is 514 g/mol. The van der Waals surface area contributed by atoms with Crippen LogP contribution in [0.4, 0.5) is 22.4 Å². The van der Waals surface area contributed by atoms with Gasteiger partial charge in [0, 0.05) is 5.39 Å². The van der Waals surface area contributed by atoms with Gasteiger partial charge in [-0.25, -0.2) is 17.9 Å². The molecule has 1 aromatic heterocycles. The molecule has 1 saturated heterocycles. The fourth-order valence-corrected chi connectivity index (χ4v) is 5.09. The topological polar surface area (TPSA) is 126 Å². The highest BCUT2D eigenvalue weighted by Crippen LogP contribution is 2.41. The largest absolute Gasteiger partial charge is 0.416 e. The van der Waals surface area contributed by atoms with Crippen molar-refractivity contribution in [1.82, 2.24) is 15.1 Å². The maximum Gasteiger partial charge on any atom is 0.416 e. The number of halogens is 4. The fraction of sp³-hybridized carbons (Fsp3) is 0.150. The van der Waals surface area contributed by atoms with Gasteiger partial charge in [0.2, 0.25) is 10.0 Å². The Morgan fingerprint density at radius 2 is 1.88 bits per heavy atom. The number of carbonyl (C=O) groups is 2. The highest BCUT2D eigenvalue weighted by atomic mass is 32.2. The number of primary sulfonamides is 1. The minimum atomic E-state index is -4.88. The van der Waals surface area contributed by atoms with E-state index < -0.39 is 51.0 Å². The van der Waals surface area contributed by atoms with E-state index in [4.69, 9.17) is 5.14 Å². The number of imide groups is 1. The number of carbonyl (C=O) groups excluding carboxylic acids is 2. The number of alkyl halides is 3. The summed E-state index contributed by atoms with van der Waals surface area (Å²) >= 11 is 0.387. The summed E-state index contributed by atoms with van der Waals surface area (Å²) in [7, 11) is -4.25. The number of rotatable bonds is 5. The van der Waals surface area contributed by atoms with Crippen LogP contribution in [0.1, 0.15) is 16.7 Å². The Morgan fingerprint density at radius 1 is 1.15 bits per heavy atom. The summed E-state index contributed by atoms with van der Waals surface area (Å²) in [5, 5.41) is 11.2. The van der Waals surface area contributed by atoms with Crippen LogP contribution >= 0.6 is 11.8 Å². The van der Waals surface area contributed by atoms with Gasteiger partial charge < -0.3 is 0 Å². The molecule has 0 radical (unpaired) electrons. The quantitative estimate of drug-likeness (QED) is 0.396. The molecule has 14 heteroatoms. The van der Waals surface area contributed by atoms with E-state index in [0.717, 1.165) is 12.1 Å². The van der Waals surface area contributed by atoms with Crippen molar-refractivity contribution in [2.45, 2.75) is 12.6 Å². The number of aromatic amines is 1. The number of aromatic nitrogens is 2. The van der Waals surface area contributed by atoms with Gasteiger partial charge in [0.25, 0.3) is 11.1 Å². The normalized spacial score (nSPS) is 16.6. The van der Waals surface area contributed by atoms with Gasteiger partial charge in [-0.15, -0.1) is 0 Å². The summed E-state index contributed by atoms with van der Waals surface area (Å²) in [6.07, 6.45) is -3.92. The standard InChI is InChI=1S/C20H14F4N4O4S2/c21-13-3-1-11(15(7-13)20(22,23)24)6-14(10-2-4-16-12(5-10)8-26-27-16)17-18(29)28(19(30)33-17)9-34(25,31)32/h1-5,7-8H,6,9H2,(H,26,27)(H2,25,31,32)/b17-14-. The van der Waals surface area contributed by atoms with Crippen LogP contribution in [0.2, 0.25) is 0 Å². The summed E-state index contributed by atoms with van der Waals surface area (Å²) in [6.45, 7) is 0. The molecule has 34 heavy (non-hydrogen) atoms. The van der Waals surface area contributed by atoms with Crippen LogP contribution in [0.25, 0.3) is 16.5 Å². The van der Waals surface area contributed by atoms with Crippen molar-refractivity contribution in [1.29, 1.82) is 0 Å². The van der Waals surface area contributed by atoms with E-state index in [2.05, 4.69) is 10.2 Å². The molecule has 0 atom stereocenters. The van der Waals surface area contributed by atoms with E-state index in [1.807, 2.05) is 0 Å². The molecule has 0 unspecified atom stereocenters. The first-order valence-electron chi connectivity index (χ1n) is 9.40. The highest BCUT2D eigenvalue weighted by molar-refractivity contribution is 8.18. The summed E-state index contributed by atoms with van der Waals surface area (Å²) < 4.78 is 77.3. The van der Waals surface area contributed by atoms with Crippen LogP contribution in [0, 0.1) is 5.82 Å². The predicted molar refractivity (Wildman–Crippen MR) is 116 cm³/mol. The van der Waals surface area contributed by atoms with Crippen LogP contribution in [0.15, 0.2) is 47.5 Å². The van der Waals surface area contributed by atoms with Gasteiger partial charge in [0.1, 0.15) is 11.7 Å². The first-order valence-corrected chi connectivity index (χ1v) is 11.9. The lowest BCUT2D eigenvalue weighted by molar-refractivity contribution is -0.138. The van der Waals surface area contributed by atoms with Crippen molar-refractivity contribution in [3.05, 3.63) is 70.0 Å². The molecule has 3 aromatic rings. The van der Waals surface area contributed by atoms with Crippen molar-refractivity contribution < 1.29 is 35.6 Å². The van der Waals surface area contributed by atoms with Crippen LogP contribution in [-0.4, -0.2) is 40.5 Å². The van der Waals surface area contributed by atoms with Gasteiger partial charge >= 0.3 is 6.18 Å². The van der Waals surface area contributed by atoms with Gasteiger partial charge in [-0.1, -0.05) is 12.1 Å². The smallest absolute Gasteiger partial charge is 0.278 e. The third kappa shape index (κ3) is 4.83. The monoisotopic (exact) mass is 514 g/mol. The lowest BCUT2D eigenvalue weighted by Crippen LogP contribution is -2.36. The number of nitrogens with one attached hydrogen (secondary N) is 1. The molecule has 4 rings (SSSR count). The second-order valence-corrected chi connectivity index (χ2v) is 9.89. The predicted octanol–water partition coefficient (Wildman–Crippen LogP) is 3.62. The van der Waals surface area contributed by atoms with Crippen molar-refractivity contribution in [2.24, 2.45) is 5.14 Å². The molecule has 1 aliphatic rings. The minimum Gasteiger partial charge on any atom is -0.278 e. The molecule has 0 aliphatic carbocycles. The number of hydrogen-bond acceptors (Lipinski definition) is 6. The zero-order valence-electron chi connectivity index (χ0n) is 16.9. The molecule has 0 spiro atoms. The van der Waals surface area contributed by atoms with Crippen LogP contribution in [0.5, 0.6) is 0 Å². The Labute approximate surface area is 193 Å². The summed E-state index contributed by atoms with van der Waals surface area (Å²) in [4.78, 5) is 25.5. The third-order valence-corrected chi connectivity index (χ3v) is 6.60. The molecule has 1 fully saturated rings. The molecule has 3 N–H and O–H groups in total. The molecule has 0 saturated carbocycles. The van der Waals surface area contributed by atoms with E-state index >= 15 is 0 Å². The maximum absolute atomic E-state index is 13.6. The number of allylic oxidation sites excluding steroid dienone is 1. The Morgan fingerprint density at radius 3 is 2.56 bits per heavy atom. The van der Waals surface area contributed by atoms with Crippen molar-refractivity contribution >= 4 is 49.4 Å². The average Bonchev–Trinajstić information content (AvgIpc) is 3.30. The van der Waals surface area contributed by atoms with Gasteiger partial charge in [0.15, 0.2) is 0 Å². The van der Waals surface area contributed by atoms with Crippen molar-refractivity contribution in [3.63, 3.8) is 0 Å². The van der Waals surface area contributed by atoms with Gasteiger partial charge in [-0.3, -0.25) is 19.6 Å². The number of amides is 2. The Hall–Kier alpha value is -3.23. The van der Waals surface area contributed by atoms with Crippen LogP contribution < -0.4 is 5.14 Å².